The van der Waals surface area contributed by atoms with Crippen molar-refractivity contribution < 1.29 is 9.59 Å². The summed E-state index contributed by atoms with van der Waals surface area (Å²) >= 11 is 0. The molecule has 124 valence electrons. The number of para-hydroxylation sites is 1. The van der Waals surface area contributed by atoms with Crippen molar-refractivity contribution in [3.63, 3.8) is 0 Å². The smallest absolute Gasteiger partial charge is 0.268 e. The highest BCUT2D eigenvalue weighted by Crippen LogP contribution is 2.35. The summed E-state index contributed by atoms with van der Waals surface area (Å²) < 4.78 is 1.51. The molecule has 0 aliphatic heterocycles. The van der Waals surface area contributed by atoms with Crippen LogP contribution in [-0.4, -0.2) is 23.3 Å². The molecule has 2 aromatic rings. The van der Waals surface area contributed by atoms with Gasteiger partial charge >= 0.3 is 0 Å². The number of Topliss-reactive ketones (excluding diaryl/α,β-unsaturated/α-hetero) is 1. The summed E-state index contributed by atoms with van der Waals surface area (Å²) in [5.41, 5.74) is 1.19. The molecule has 5 heteroatoms. The lowest BCUT2D eigenvalue weighted by atomic mass is 9.75. The molecule has 1 heterocycles. The molecule has 0 saturated heterocycles. The highest BCUT2D eigenvalue weighted by Gasteiger charge is 2.34. The number of carbonyl (C=O) groups excluding carboxylic acids is 2. The molecule has 1 aromatic heterocycles. The first-order chi connectivity index (χ1) is 11.3. The second-order valence-electron chi connectivity index (χ2n) is 6.91. The number of benzene rings is 1. The Morgan fingerprint density at radius 3 is 2.42 bits per heavy atom. The van der Waals surface area contributed by atoms with Crippen LogP contribution in [0, 0.1) is 5.41 Å². The second-order valence-corrected chi connectivity index (χ2v) is 6.91. The van der Waals surface area contributed by atoms with Crippen molar-refractivity contribution in [2.24, 2.45) is 5.41 Å². The molecular formula is C19H20N2O3. The van der Waals surface area contributed by atoms with Gasteiger partial charge in [0, 0.05) is 30.4 Å². The van der Waals surface area contributed by atoms with E-state index in [-0.39, 0.29) is 16.8 Å². The fraction of sp³-hybridized carbons (Fsp3) is 0.316. The first-order valence-corrected chi connectivity index (χ1v) is 7.94. The standard InChI is InChI=1S/C19H20N2O3/c1-19(2)10-15-13(16(22)11-19)9-14(17(23)20-3)18(24)21(15)12-7-5-4-6-8-12/h4-9H,10-11H2,1-3H3,(H,20,23). The van der Waals surface area contributed by atoms with E-state index in [0.717, 1.165) is 0 Å². The molecule has 24 heavy (non-hydrogen) atoms. The van der Waals surface area contributed by atoms with E-state index in [4.69, 9.17) is 0 Å². The van der Waals surface area contributed by atoms with Gasteiger partial charge in [-0.05, 0) is 30.0 Å². The molecule has 1 amide bonds. The summed E-state index contributed by atoms with van der Waals surface area (Å²) in [6, 6.07) is 10.6. The van der Waals surface area contributed by atoms with Crippen molar-refractivity contribution in [1.29, 1.82) is 0 Å². The number of hydrogen-bond acceptors (Lipinski definition) is 3. The normalized spacial score (nSPS) is 15.7. The first kappa shape index (κ1) is 16.2. The first-order valence-electron chi connectivity index (χ1n) is 7.94. The molecule has 0 radical (unpaired) electrons. The van der Waals surface area contributed by atoms with Crippen LogP contribution in [0.25, 0.3) is 5.69 Å². The van der Waals surface area contributed by atoms with Crippen molar-refractivity contribution in [2.45, 2.75) is 26.7 Å². The molecule has 1 aromatic carbocycles. The third-order valence-corrected chi connectivity index (χ3v) is 4.37. The summed E-state index contributed by atoms with van der Waals surface area (Å²) in [6.45, 7) is 4.03. The molecule has 1 aliphatic carbocycles. The molecule has 0 unspecified atom stereocenters. The van der Waals surface area contributed by atoms with E-state index in [1.165, 1.54) is 17.7 Å². The lowest BCUT2D eigenvalue weighted by Crippen LogP contribution is -2.38. The number of carbonyl (C=O) groups is 2. The molecular weight excluding hydrogens is 304 g/mol. The molecule has 0 bridgehead atoms. The van der Waals surface area contributed by atoms with Gasteiger partial charge in [-0.3, -0.25) is 19.0 Å². The van der Waals surface area contributed by atoms with Crippen LogP contribution in [0.4, 0.5) is 0 Å². The van der Waals surface area contributed by atoms with Crippen LogP contribution >= 0.6 is 0 Å². The maximum atomic E-state index is 13.0. The van der Waals surface area contributed by atoms with E-state index in [1.807, 2.05) is 32.0 Å². The Labute approximate surface area is 140 Å². The van der Waals surface area contributed by atoms with Gasteiger partial charge in [0.15, 0.2) is 5.78 Å². The Balaban J connectivity index is 2.37. The van der Waals surface area contributed by atoms with Gasteiger partial charge in [-0.2, -0.15) is 0 Å². The van der Waals surface area contributed by atoms with Crippen molar-refractivity contribution >= 4 is 11.7 Å². The summed E-state index contributed by atoms with van der Waals surface area (Å²) in [5.74, 6) is -0.513. The Kier molecular flexibility index (Phi) is 3.87. The van der Waals surface area contributed by atoms with Crippen LogP contribution in [0.2, 0.25) is 0 Å². The van der Waals surface area contributed by atoms with Crippen LogP contribution in [0.15, 0.2) is 41.2 Å². The molecule has 0 spiro atoms. The zero-order valence-corrected chi connectivity index (χ0v) is 14.1. The number of aromatic nitrogens is 1. The van der Waals surface area contributed by atoms with Crippen LogP contribution < -0.4 is 10.9 Å². The number of pyridine rings is 1. The molecule has 0 saturated carbocycles. The number of nitrogens with zero attached hydrogens (tertiary/aromatic N) is 1. The lowest BCUT2D eigenvalue weighted by molar-refractivity contribution is 0.0908. The molecule has 1 N–H and O–H groups in total. The Hall–Kier alpha value is -2.69. The Morgan fingerprint density at radius 1 is 1.12 bits per heavy atom. The average Bonchev–Trinajstić information content (AvgIpc) is 2.53. The molecule has 3 rings (SSSR count). The predicted molar refractivity (Wildman–Crippen MR) is 91.9 cm³/mol. The third kappa shape index (κ3) is 2.66. The number of ketones is 1. The molecule has 5 nitrogen and oxygen atoms in total. The quantitative estimate of drug-likeness (QED) is 0.922. The highest BCUT2D eigenvalue weighted by atomic mass is 16.2. The number of fused-ring (bicyclic) bond motifs is 1. The van der Waals surface area contributed by atoms with Crippen LogP contribution in [-0.2, 0) is 6.42 Å². The van der Waals surface area contributed by atoms with Crippen molar-refractivity contribution in [1.82, 2.24) is 9.88 Å². The van der Waals surface area contributed by atoms with E-state index in [1.54, 1.807) is 12.1 Å². The number of amides is 1. The summed E-state index contributed by atoms with van der Waals surface area (Å²) in [6.07, 6.45) is 1.01. The fourth-order valence-electron chi connectivity index (χ4n) is 3.26. The van der Waals surface area contributed by atoms with Crippen LogP contribution in [0.1, 0.15) is 46.7 Å². The van der Waals surface area contributed by atoms with Crippen molar-refractivity contribution in [3.05, 3.63) is 63.6 Å². The maximum Gasteiger partial charge on any atom is 0.268 e. The minimum Gasteiger partial charge on any atom is -0.355 e. The second kappa shape index (κ2) is 5.74. The van der Waals surface area contributed by atoms with Gasteiger partial charge in [-0.15, -0.1) is 0 Å². The summed E-state index contributed by atoms with van der Waals surface area (Å²) in [4.78, 5) is 37.7. The monoisotopic (exact) mass is 324 g/mol. The predicted octanol–water partition coefficient (Wildman–Crippen LogP) is 2.35. The zero-order valence-electron chi connectivity index (χ0n) is 14.1. The van der Waals surface area contributed by atoms with Crippen LogP contribution in [0.5, 0.6) is 0 Å². The highest BCUT2D eigenvalue weighted by molar-refractivity contribution is 6.02. The third-order valence-electron chi connectivity index (χ3n) is 4.37. The van der Waals surface area contributed by atoms with Crippen molar-refractivity contribution in [3.8, 4) is 5.69 Å². The Bertz CT molecular complexity index is 879. The number of nitrogens with one attached hydrogen (secondary N) is 1. The fourth-order valence-corrected chi connectivity index (χ4v) is 3.26. The van der Waals surface area contributed by atoms with Crippen molar-refractivity contribution in [2.75, 3.05) is 7.05 Å². The zero-order chi connectivity index (χ0) is 17.5. The summed E-state index contributed by atoms with van der Waals surface area (Å²) in [7, 11) is 1.47. The van der Waals surface area contributed by atoms with E-state index >= 15 is 0 Å². The topological polar surface area (TPSA) is 68.2 Å². The average molecular weight is 324 g/mol. The SMILES string of the molecule is CNC(=O)c1cc2c(n(-c3ccccc3)c1=O)CC(C)(C)CC2=O. The lowest BCUT2D eigenvalue weighted by Gasteiger charge is -2.32. The van der Waals surface area contributed by atoms with Crippen LogP contribution in [0.3, 0.4) is 0 Å². The molecule has 1 aliphatic rings. The maximum absolute atomic E-state index is 13.0. The van der Waals surface area contributed by atoms with E-state index in [0.29, 0.717) is 29.8 Å². The van der Waals surface area contributed by atoms with E-state index < -0.39 is 11.5 Å². The Morgan fingerprint density at radius 2 is 1.79 bits per heavy atom. The van der Waals surface area contributed by atoms with E-state index in [9.17, 15) is 14.4 Å². The van der Waals surface area contributed by atoms with Gasteiger partial charge in [0.2, 0.25) is 0 Å². The summed E-state index contributed by atoms with van der Waals surface area (Å²) in [5, 5.41) is 2.48. The number of rotatable bonds is 2. The van der Waals surface area contributed by atoms with Gasteiger partial charge in [0.05, 0.1) is 0 Å². The van der Waals surface area contributed by atoms with Gasteiger partial charge in [-0.1, -0.05) is 32.0 Å². The molecule has 0 fully saturated rings. The molecule has 0 atom stereocenters. The van der Waals surface area contributed by atoms with Gasteiger partial charge < -0.3 is 5.32 Å². The minimum atomic E-state index is -0.481. The van der Waals surface area contributed by atoms with Gasteiger partial charge in [-0.25, -0.2) is 0 Å². The van der Waals surface area contributed by atoms with Gasteiger partial charge in [0.1, 0.15) is 5.56 Å². The largest absolute Gasteiger partial charge is 0.355 e. The van der Waals surface area contributed by atoms with E-state index in [2.05, 4.69) is 5.32 Å². The number of hydrogen-bond donors (Lipinski definition) is 1. The minimum absolute atomic E-state index is 0.00633. The van der Waals surface area contributed by atoms with Gasteiger partial charge in [0.25, 0.3) is 11.5 Å².